The van der Waals surface area contributed by atoms with E-state index < -0.39 is 0 Å². The average Bonchev–Trinajstić information content (AvgIpc) is 2.99. The Bertz CT molecular complexity index is 438. The number of hydrogen-bond acceptors (Lipinski definition) is 3. The van der Waals surface area contributed by atoms with Crippen LogP contribution in [0.4, 0.5) is 0 Å². The van der Waals surface area contributed by atoms with Crippen LogP contribution >= 0.6 is 11.6 Å². The Morgan fingerprint density at radius 2 is 2.06 bits per heavy atom. The molecule has 1 fully saturated rings. The molecule has 1 aromatic rings. The van der Waals surface area contributed by atoms with Crippen LogP contribution in [0.2, 0.25) is 5.22 Å². The van der Waals surface area contributed by atoms with E-state index in [1.165, 1.54) is 12.1 Å². The molecule has 0 aromatic carbocycles. The van der Waals surface area contributed by atoms with Gasteiger partial charge in [0, 0.05) is 26.1 Å². The van der Waals surface area contributed by atoms with Gasteiger partial charge in [-0.15, -0.1) is 0 Å². The number of carbonyl (C=O) groups excluding carboxylic acids is 2. The van der Waals surface area contributed by atoms with Gasteiger partial charge in [-0.3, -0.25) is 9.59 Å². The number of hydrogen-bond donors (Lipinski definition) is 1. The number of likely N-dealkylation sites (tertiary alicyclic amines) is 1. The van der Waals surface area contributed by atoms with Gasteiger partial charge in [-0.25, -0.2) is 0 Å². The minimum atomic E-state index is -0.351. The third-order valence-electron chi connectivity index (χ3n) is 2.88. The molecule has 1 aliphatic heterocycles. The summed E-state index contributed by atoms with van der Waals surface area (Å²) in [6, 6.07) is 3.01. The van der Waals surface area contributed by atoms with Crippen molar-refractivity contribution in [3.63, 3.8) is 0 Å². The Kier molecular flexibility index (Phi) is 4.25. The van der Waals surface area contributed by atoms with Gasteiger partial charge in [0.15, 0.2) is 11.0 Å². The molecule has 6 heteroatoms. The lowest BCUT2D eigenvalue weighted by Crippen LogP contribution is -2.32. The average molecular weight is 271 g/mol. The summed E-state index contributed by atoms with van der Waals surface area (Å²) >= 11 is 5.57. The van der Waals surface area contributed by atoms with E-state index in [0.29, 0.717) is 13.0 Å². The van der Waals surface area contributed by atoms with E-state index in [1.54, 1.807) is 0 Å². The molecule has 1 saturated heterocycles. The van der Waals surface area contributed by atoms with Gasteiger partial charge in [-0.05, 0) is 36.6 Å². The maximum Gasteiger partial charge on any atom is 0.287 e. The van der Waals surface area contributed by atoms with Crippen molar-refractivity contribution in [2.75, 3.05) is 19.6 Å². The maximum absolute atomic E-state index is 11.7. The molecular weight excluding hydrogens is 256 g/mol. The van der Waals surface area contributed by atoms with Crippen LogP contribution in [0, 0.1) is 0 Å². The van der Waals surface area contributed by atoms with Crippen LogP contribution in [-0.4, -0.2) is 36.3 Å². The molecule has 0 radical (unpaired) electrons. The minimum Gasteiger partial charge on any atom is -0.440 e. The maximum atomic E-state index is 11.7. The van der Waals surface area contributed by atoms with Crippen LogP contribution in [0.1, 0.15) is 29.8 Å². The quantitative estimate of drug-likeness (QED) is 0.905. The van der Waals surface area contributed by atoms with Gasteiger partial charge in [-0.1, -0.05) is 0 Å². The number of carbonyl (C=O) groups is 2. The molecule has 0 spiro atoms. The molecule has 2 amide bonds. The number of rotatable bonds is 4. The van der Waals surface area contributed by atoms with Gasteiger partial charge in [0.1, 0.15) is 0 Å². The van der Waals surface area contributed by atoms with Gasteiger partial charge < -0.3 is 14.6 Å². The molecule has 0 saturated carbocycles. The zero-order chi connectivity index (χ0) is 13.0. The first-order chi connectivity index (χ1) is 8.66. The van der Waals surface area contributed by atoms with E-state index in [0.717, 1.165) is 25.9 Å². The van der Waals surface area contributed by atoms with Crippen LogP contribution in [0.25, 0.3) is 0 Å². The molecule has 98 valence electrons. The van der Waals surface area contributed by atoms with E-state index >= 15 is 0 Å². The molecule has 18 heavy (non-hydrogen) atoms. The molecule has 1 aromatic heterocycles. The largest absolute Gasteiger partial charge is 0.440 e. The lowest BCUT2D eigenvalue weighted by atomic mass is 10.3. The molecule has 1 N–H and O–H groups in total. The molecule has 0 aliphatic carbocycles. The predicted molar refractivity (Wildman–Crippen MR) is 66.5 cm³/mol. The lowest BCUT2D eigenvalue weighted by molar-refractivity contribution is -0.129. The second-order valence-corrected chi connectivity index (χ2v) is 4.57. The molecular formula is C12H15ClN2O3. The summed E-state index contributed by atoms with van der Waals surface area (Å²) in [7, 11) is 0. The smallest absolute Gasteiger partial charge is 0.287 e. The van der Waals surface area contributed by atoms with E-state index in [4.69, 9.17) is 16.0 Å². The van der Waals surface area contributed by atoms with Crippen molar-refractivity contribution in [3.05, 3.63) is 23.1 Å². The molecule has 2 rings (SSSR count). The molecule has 0 bridgehead atoms. The molecule has 0 atom stereocenters. The van der Waals surface area contributed by atoms with E-state index in [1.807, 2.05) is 4.90 Å². The fourth-order valence-corrected chi connectivity index (χ4v) is 2.08. The zero-order valence-corrected chi connectivity index (χ0v) is 10.7. The van der Waals surface area contributed by atoms with Crippen LogP contribution in [-0.2, 0) is 4.79 Å². The highest BCUT2D eigenvalue weighted by atomic mass is 35.5. The van der Waals surface area contributed by atoms with Crippen molar-refractivity contribution in [2.45, 2.75) is 19.3 Å². The highest BCUT2D eigenvalue weighted by Gasteiger charge is 2.18. The molecule has 1 aliphatic rings. The molecule has 0 unspecified atom stereocenters. The Morgan fingerprint density at radius 3 is 2.67 bits per heavy atom. The van der Waals surface area contributed by atoms with Gasteiger partial charge in [0.2, 0.25) is 5.91 Å². The number of halogens is 1. The van der Waals surface area contributed by atoms with Crippen molar-refractivity contribution in [3.8, 4) is 0 Å². The van der Waals surface area contributed by atoms with Gasteiger partial charge in [0.25, 0.3) is 5.91 Å². The topological polar surface area (TPSA) is 62.6 Å². The van der Waals surface area contributed by atoms with Crippen LogP contribution in [0.15, 0.2) is 16.5 Å². The normalized spacial score (nSPS) is 14.8. The fourth-order valence-electron chi connectivity index (χ4n) is 1.93. The monoisotopic (exact) mass is 270 g/mol. The van der Waals surface area contributed by atoms with Crippen molar-refractivity contribution >= 4 is 23.4 Å². The van der Waals surface area contributed by atoms with Crippen molar-refractivity contribution in [1.29, 1.82) is 0 Å². The third-order valence-corrected chi connectivity index (χ3v) is 3.08. The predicted octanol–water partition coefficient (Wildman–Crippen LogP) is 1.68. The highest BCUT2D eigenvalue weighted by Crippen LogP contribution is 2.13. The summed E-state index contributed by atoms with van der Waals surface area (Å²) in [5, 5.41) is 2.80. The SMILES string of the molecule is O=C(NCCC(=O)N1CCCC1)c1ccc(Cl)o1. The first-order valence-electron chi connectivity index (χ1n) is 5.98. The van der Waals surface area contributed by atoms with Crippen LogP contribution < -0.4 is 5.32 Å². The molecule has 2 heterocycles. The van der Waals surface area contributed by atoms with E-state index in [2.05, 4.69) is 5.32 Å². The minimum absolute atomic E-state index is 0.0882. The van der Waals surface area contributed by atoms with Gasteiger partial charge >= 0.3 is 0 Å². The van der Waals surface area contributed by atoms with Crippen LogP contribution in [0.3, 0.4) is 0 Å². The molecule has 5 nitrogen and oxygen atoms in total. The summed E-state index contributed by atoms with van der Waals surface area (Å²) in [5.41, 5.74) is 0. The van der Waals surface area contributed by atoms with Crippen molar-refractivity contribution < 1.29 is 14.0 Å². The second kappa shape index (κ2) is 5.91. The van der Waals surface area contributed by atoms with Crippen LogP contribution in [0.5, 0.6) is 0 Å². The van der Waals surface area contributed by atoms with E-state index in [9.17, 15) is 9.59 Å². The summed E-state index contributed by atoms with van der Waals surface area (Å²) in [4.78, 5) is 25.1. The summed E-state index contributed by atoms with van der Waals surface area (Å²) in [5.74, 6) is -0.102. The van der Waals surface area contributed by atoms with Crippen molar-refractivity contribution in [2.24, 2.45) is 0 Å². The summed E-state index contributed by atoms with van der Waals surface area (Å²) < 4.78 is 4.96. The number of nitrogens with one attached hydrogen (secondary N) is 1. The standard InChI is InChI=1S/C12H15ClN2O3/c13-10-4-3-9(18-10)12(17)14-6-5-11(16)15-7-1-2-8-15/h3-4H,1-2,5-8H2,(H,14,17). The van der Waals surface area contributed by atoms with Gasteiger partial charge in [0.05, 0.1) is 0 Å². The number of furan rings is 1. The summed E-state index contributed by atoms with van der Waals surface area (Å²) in [6.07, 6.45) is 2.46. The second-order valence-electron chi connectivity index (χ2n) is 4.20. The highest BCUT2D eigenvalue weighted by molar-refractivity contribution is 6.29. The Balaban J connectivity index is 1.71. The lowest BCUT2D eigenvalue weighted by Gasteiger charge is -2.14. The number of amides is 2. The summed E-state index contributed by atoms with van der Waals surface area (Å²) in [6.45, 7) is 1.98. The third kappa shape index (κ3) is 3.26. The number of nitrogens with zero attached hydrogens (tertiary/aromatic N) is 1. The fraction of sp³-hybridized carbons (Fsp3) is 0.500. The Morgan fingerprint density at radius 1 is 1.33 bits per heavy atom. The first-order valence-corrected chi connectivity index (χ1v) is 6.36. The zero-order valence-electron chi connectivity index (χ0n) is 9.95. The van der Waals surface area contributed by atoms with Crippen molar-refractivity contribution in [1.82, 2.24) is 10.2 Å². The Hall–Kier alpha value is -1.49. The van der Waals surface area contributed by atoms with Gasteiger partial charge in [-0.2, -0.15) is 0 Å². The van der Waals surface area contributed by atoms with E-state index in [-0.39, 0.29) is 22.8 Å². The first kappa shape index (κ1) is 13.0. The Labute approximate surface area is 110 Å².